The molecule has 0 bridgehead atoms. The molecule has 1 N–H and O–H groups in total. The lowest BCUT2D eigenvalue weighted by Crippen LogP contribution is -2.30. The van der Waals surface area contributed by atoms with Gasteiger partial charge in [0.15, 0.2) is 0 Å². The SMILES string of the molecule is COC(=O)c1cccc2c1NC(c1ccc(Br)cc1)C1CC=CC21. The second-order valence-corrected chi connectivity index (χ2v) is 7.20. The van der Waals surface area contributed by atoms with Crippen LogP contribution < -0.4 is 5.32 Å². The summed E-state index contributed by atoms with van der Waals surface area (Å²) in [5.41, 5.74) is 3.94. The number of allylic oxidation sites excluding steroid dienone is 2. The first-order chi connectivity index (χ1) is 11.7. The topological polar surface area (TPSA) is 38.3 Å². The fraction of sp³-hybridized carbons (Fsp3) is 0.250. The number of esters is 1. The lowest BCUT2D eigenvalue weighted by Gasteiger charge is -2.38. The molecule has 2 aromatic carbocycles. The molecule has 0 aromatic heterocycles. The predicted octanol–water partition coefficient (Wildman–Crippen LogP) is 5.06. The van der Waals surface area contributed by atoms with Gasteiger partial charge in [-0.1, -0.05) is 52.3 Å². The van der Waals surface area contributed by atoms with Gasteiger partial charge in [-0.2, -0.15) is 0 Å². The number of para-hydroxylation sites is 1. The standard InChI is InChI=1S/C20H18BrNO2/c1-24-20(23)17-7-3-6-16-14-4-2-5-15(14)18(22-19(16)17)12-8-10-13(21)11-9-12/h2-4,6-11,14-15,18,22H,5H2,1H3. The van der Waals surface area contributed by atoms with Crippen molar-refractivity contribution in [1.29, 1.82) is 0 Å². The number of methoxy groups -OCH3 is 1. The van der Waals surface area contributed by atoms with Crippen LogP contribution in [-0.4, -0.2) is 13.1 Å². The summed E-state index contributed by atoms with van der Waals surface area (Å²) in [4.78, 5) is 12.2. The summed E-state index contributed by atoms with van der Waals surface area (Å²) >= 11 is 3.50. The van der Waals surface area contributed by atoms with Gasteiger partial charge < -0.3 is 10.1 Å². The minimum Gasteiger partial charge on any atom is -0.465 e. The van der Waals surface area contributed by atoms with Gasteiger partial charge in [-0.25, -0.2) is 4.79 Å². The van der Waals surface area contributed by atoms with Crippen molar-refractivity contribution >= 4 is 27.6 Å². The molecule has 3 unspecified atom stereocenters. The minimum atomic E-state index is -0.297. The Labute approximate surface area is 149 Å². The molecule has 4 heteroatoms. The maximum atomic E-state index is 12.2. The zero-order valence-electron chi connectivity index (χ0n) is 13.3. The quantitative estimate of drug-likeness (QED) is 0.581. The average Bonchev–Trinajstić information content (AvgIpc) is 3.10. The summed E-state index contributed by atoms with van der Waals surface area (Å²) in [5.74, 6) is 0.500. The van der Waals surface area contributed by atoms with Crippen molar-refractivity contribution in [1.82, 2.24) is 0 Å². The molecular formula is C20H18BrNO2. The van der Waals surface area contributed by atoms with Gasteiger partial charge in [0, 0.05) is 10.4 Å². The second kappa shape index (κ2) is 6.10. The van der Waals surface area contributed by atoms with Crippen LogP contribution in [0.1, 0.15) is 39.9 Å². The van der Waals surface area contributed by atoms with Gasteiger partial charge >= 0.3 is 5.97 Å². The Kier molecular flexibility index (Phi) is 3.93. The minimum absolute atomic E-state index is 0.177. The Bertz CT molecular complexity index is 813. The number of anilines is 1. The number of hydrogen-bond acceptors (Lipinski definition) is 3. The Morgan fingerprint density at radius 1 is 1.21 bits per heavy atom. The van der Waals surface area contributed by atoms with Gasteiger partial charge in [-0.15, -0.1) is 0 Å². The third-order valence-corrected chi connectivity index (χ3v) is 5.56. The van der Waals surface area contributed by atoms with Crippen molar-refractivity contribution in [2.45, 2.75) is 18.4 Å². The molecule has 3 nitrogen and oxygen atoms in total. The second-order valence-electron chi connectivity index (χ2n) is 6.29. The van der Waals surface area contributed by atoms with Crippen molar-refractivity contribution in [3.8, 4) is 0 Å². The molecule has 0 amide bonds. The van der Waals surface area contributed by atoms with Crippen LogP contribution >= 0.6 is 15.9 Å². The zero-order valence-corrected chi connectivity index (χ0v) is 14.9. The highest BCUT2D eigenvalue weighted by atomic mass is 79.9. The van der Waals surface area contributed by atoms with Crippen LogP contribution in [0.5, 0.6) is 0 Å². The first kappa shape index (κ1) is 15.5. The van der Waals surface area contributed by atoms with Crippen molar-refractivity contribution < 1.29 is 9.53 Å². The number of fused-ring (bicyclic) bond motifs is 3. The Morgan fingerprint density at radius 3 is 2.75 bits per heavy atom. The Morgan fingerprint density at radius 2 is 2.00 bits per heavy atom. The summed E-state index contributed by atoms with van der Waals surface area (Å²) in [5, 5.41) is 3.63. The monoisotopic (exact) mass is 383 g/mol. The molecule has 4 rings (SSSR count). The normalized spacial score (nSPS) is 24.0. The van der Waals surface area contributed by atoms with Crippen molar-refractivity contribution in [2.24, 2.45) is 5.92 Å². The van der Waals surface area contributed by atoms with E-state index < -0.39 is 0 Å². The van der Waals surface area contributed by atoms with E-state index >= 15 is 0 Å². The molecule has 0 radical (unpaired) electrons. The van der Waals surface area contributed by atoms with E-state index in [-0.39, 0.29) is 12.0 Å². The molecule has 1 aliphatic carbocycles. The smallest absolute Gasteiger partial charge is 0.339 e. The molecular weight excluding hydrogens is 366 g/mol. The number of halogens is 1. The van der Waals surface area contributed by atoms with E-state index in [1.54, 1.807) is 0 Å². The van der Waals surface area contributed by atoms with Gasteiger partial charge in [0.25, 0.3) is 0 Å². The number of nitrogens with one attached hydrogen (secondary N) is 1. The van der Waals surface area contributed by atoms with E-state index in [0.717, 1.165) is 16.6 Å². The van der Waals surface area contributed by atoms with E-state index in [4.69, 9.17) is 4.74 Å². The number of hydrogen-bond donors (Lipinski definition) is 1. The molecule has 0 fully saturated rings. The molecule has 2 aromatic rings. The molecule has 2 aliphatic rings. The largest absolute Gasteiger partial charge is 0.465 e. The van der Waals surface area contributed by atoms with E-state index in [1.807, 2.05) is 12.1 Å². The van der Waals surface area contributed by atoms with Gasteiger partial charge in [-0.3, -0.25) is 0 Å². The van der Waals surface area contributed by atoms with Gasteiger partial charge in [0.2, 0.25) is 0 Å². The van der Waals surface area contributed by atoms with Crippen LogP contribution in [0.25, 0.3) is 0 Å². The van der Waals surface area contributed by atoms with Crippen molar-refractivity contribution in [3.05, 3.63) is 75.8 Å². The molecule has 0 saturated heterocycles. The summed E-state index contributed by atoms with van der Waals surface area (Å²) in [6.45, 7) is 0. The molecule has 3 atom stereocenters. The molecule has 1 aliphatic heterocycles. The van der Waals surface area contributed by atoms with Crippen LogP contribution in [0.3, 0.4) is 0 Å². The summed E-state index contributed by atoms with van der Waals surface area (Å²) in [7, 11) is 1.43. The van der Waals surface area contributed by atoms with Crippen molar-refractivity contribution in [3.63, 3.8) is 0 Å². The van der Waals surface area contributed by atoms with E-state index in [2.05, 4.69) is 63.7 Å². The van der Waals surface area contributed by atoms with Crippen LogP contribution in [0.4, 0.5) is 5.69 Å². The predicted molar refractivity (Wildman–Crippen MR) is 98.3 cm³/mol. The molecule has 1 heterocycles. The summed E-state index contributed by atoms with van der Waals surface area (Å²) < 4.78 is 6.04. The number of carbonyl (C=O) groups is 1. The summed E-state index contributed by atoms with van der Waals surface area (Å²) in [6, 6.07) is 14.5. The van der Waals surface area contributed by atoms with E-state index in [1.165, 1.54) is 18.2 Å². The number of carbonyl (C=O) groups excluding carboxylic acids is 1. The lowest BCUT2D eigenvalue weighted by molar-refractivity contribution is 0.0601. The third-order valence-electron chi connectivity index (χ3n) is 5.03. The maximum absolute atomic E-state index is 12.2. The highest BCUT2D eigenvalue weighted by Crippen LogP contribution is 2.50. The Hall–Kier alpha value is -2.07. The highest BCUT2D eigenvalue weighted by Gasteiger charge is 2.39. The number of ether oxygens (including phenoxy) is 1. The van der Waals surface area contributed by atoms with Gasteiger partial charge in [0.1, 0.15) is 0 Å². The maximum Gasteiger partial charge on any atom is 0.339 e. The third kappa shape index (κ3) is 2.46. The summed E-state index contributed by atoms with van der Waals surface area (Å²) in [6.07, 6.45) is 5.57. The van der Waals surface area contributed by atoms with E-state index in [0.29, 0.717) is 17.4 Å². The van der Waals surface area contributed by atoms with E-state index in [9.17, 15) is 4.79 Å². The first-order valence-corrected chi connectivity index (χ1v) is 8.88. The average molecular weight is 384 g/mol. The molecule has 24 heavy (non-hydrogen) atoms. The first-order valence-electron chi connectivity index (χ1n) is 8.09. The number of rotatable bonds is 2. The molecule has 0 saturated carbocycles. The van der Waals surface area contributed by atoms with Crippen LogP contribution in [0, 0.1) is 5.92 Å². The van der Waals surface area contributed by atoms with Crippen LogP contribution in [-0.2, 0) is 4.74 Å². The highest BCUT2D eigenvalue weighted by molar-refractivity contribution is 9.10. The van der Waals surface area contributed by atoms with Crippen LogP contribution in [0.15, 0.2) is 59.1 Å². The Balaban J connectivity index is 1.82. The van der Waals surface area contributed by atoms with Crippen LogP contribution in [0.2, 0.25) is 0 Å². The molecule has 122 valence electrons. The van der Waals surface area contributed by atoms with Crippen molar-refractivity contribution in [2.75, 3.05) is 12.4 Å². The fourth-order valence-corrected chi connectivity index (χ4v) is 4.17. The molecule has 0 spiro atoms. The van der Waals surface area contributed by atoms with Gasteiger partial charge in [0.05, 0.1) is 24.4 Å². The zero-order chi connectivity index (χ0) is 16.7. The fourth-order valence-electron chi connectivity index (χ4n) is 3.90. The van der Waals surface area contributed by atoms with Gasteiger partial charge in [-0.05, 0) is 41.7 Å². The number of benzene rings is 2. The lowest BCUT2D eigenvalue weighted by atomic mass is 9.76.